The first-order valence-electron chi connectivity index (χ1n) is 5.74. The molecule has 0 radical (unpaired) electrons. The third-order valence-electron chi connectivity index (χ3n) is 2.71. The van der Waals surface area contributed by atoms with E-state index in [1.807, 2.05) is 42.7 Å². The second kappa shape index (κ2) is 6.30. The fourth-order valence-electron chi connectivity index (χ4n) is 1.70. The second-order valence-electron chi connectivity index (χ2n) is 4.10. The van der Waals surface area contributed by atoms with Crippen molar-refractivity contribution in [1.82, 2.24) is 4.90 Å². The van der Waals surface area contributed by atoms with Gasteiger partial charge in [0.25, 0.3) is 5.91 Å². The molecule has 0 bridgehead atoms. The molecular formula is C14H14BrNO2S. The van der Waals surface area contributed by atoms with E-state index in [0.717, 1.165) is 10.7 Å². The van der Waals surface area contributed by atoms with Gasteiger partial charge in [0.15, 0.2) is 4.67 Å². The molecule has 0 saturated heterocycles. The third-order valence-corrected chi connectivity index (χ3v) is 3.88. The Kier molecular flexibility index (Phi) is 4.71. The summed E-state index contributed by atoms with van der Waals surface area (Å²) in [6, 6.07) is 11.3. The van der Waals surface area contributed by atoms with E-state index in [9.17, 15) is 4.79 Å². The lowest BCUT2D eigenvalue weighted by molar-refractivity contribution is 0.0775. The zero-order valence-electron chi connectivity index (χ0n) is 10.7. The van der Waals surface area contributed by atoms with Crippen LogP contribution in [-0.2, 0) is 6.54 Å². The van der Waals surface area contributed by atoms with Crippen molar-refractivity contribution in [3.05, 3.63) is 52.4 Å². The van der Waals surface area contributed by atoms with Gasteiger partial charge in [-0.15, -0.1) is 11.8 Å². The van der Waals surface area contributed by atoms with Crippen LogP contribution in [0.15, 0.2) is 50.4 Å². The highest BCUT2D eigenvalue weighted by Gasteiger charge is 2.13. The number of nitrogens with zero attached hydrogens (tertiary/aromatic N) is 1. The summed E-state index contributed by atoms with van der Waals surface area (Å²) in [5.41, 5.74) is 0.686. The maximum absolute atomic E-state index is 12.2. The van der Waals surface area contributed by atoms with Crippen LogP contribution in [0, 0.1) is 0 Å². The number of rotatable bonds is 4. The summed E-state index contributed by atoms with van der Waals surface area (Å²) in [6.07, 6.45) is 2.01. The molecule has 0 spiro atoms. The Labute approximate surface area is 125 Å². The average molecular weight is 340 g/mol. The lowest BCUT2D eigenvalue weighted by Crippen LogP contribution is -2.25. The van der Waals surface area contributed by atoms with Gasteiger partial charge >= 0.3 is 0 Å². The molecule has 3 nitrogen and oxygen atoms in total. The lowest BCUT2D eigenvalue weighted by Gasteiger charge is -2.15. The molecule has 2 aromatic rings. The van der Waals surface area contributed by atoms with Gasteiger partial charge in [-0.2, -0.15) is 0 Å². The van der Waals surface area contributed by atoms with Gasteiger partial charge in [-0.05, 0) is 58.6 Å². The first-order chi connectivity index (χ1) is 9.10. The number of halogens is 1. The summed E-state index contributed by atoms with van der Waals surface area (Å²) in [5.74, 6) is 0.739. The van der Waals surface area contributed by atoms with Crippen molar-refractivity contribution in [1.29, 1.82) is 0 Å². The molecule has 100 valence electrons. The van der Waals surface area contributed by atoms with E-state index in [1.165, 1.54) is 0 Å². The molecule has 0 fully saturated rings. The SMILES string of the molecule is CSc1ccc(C(=O)N(C)Cc2ccc(Br)o2)cc1. The average Bonchev–Trinajstić information content (AvgIpc) is 2.83. The monoisotopic (exact) mass is 339 g/mol. The molecule has 0 aliphatic rings. The summed E-state index contributed by atoms with van der Waals surface area (Å²) in [5, 5.41) is 0. The standard InChI is InChI=1S/C14H14BrNO2S/c1-16(9-11-5-8-13(15)18-11)14(17)10-3-6-12(19-2)7-4-10/h3-8H,9H2,1-2H3. The molecule has 0 atom stereocenters. The van der Waals surface area contributed by atoms with Gasteiger partial charge in [0, 0.05) is 17.5 Å². The number of carbonyl (C=O) groups excluding carboxylic acids is 1. The van der Waals surface area contributed by atoms with Gasteiger partial charge in [-0.1, -0.05) is 0 Å². The number of hydrogen-bond donors (Lipinski definition) is 0. The Bertz CT molecular complexity index is 565. The number of thioether (sulfide) groups is 1. The quantitative estimate of drug-likeness (QED) is 0.788. The molecular weight excluding hydrogens is 326 g/mol. The van der Waals surface area contributed by atoms with Crippen molar-refractivity contribution >= 4 is 33.6 Å². The van der Waals surface area contributed by atoms with Crippen molar-refractivity contribution in [2.75, 3.05) is 13.3 Å². The van der Waals surface area contributed by atoms with Crippen molar-refractivity contribution in [2.24, 2.45) is 0 Å². The second-order valence-corrected chi connectivity index (χ2v) is 5.76. The largest absolute Gasteiger partial charge is 0.452 e. The van der Waals surface area contributed by atoms with Crippen LogP contribution in [0.3, 0.4) is 0 Å². The van der Waals surface area contributed by atoms with Gasteiger partial charge in [0.2, 0.25) is 0 Å². The van der Waals surface area contributed by atoms with Gasteiger partial charge in [0.05, 0.1) is 6.54 Å². The summed E-state index contributed by atoms with van der Waals surface area (Å²) in [7, 11) is 1.77. The van der Waals surface area contributed by atoms with Crippen molar-refractivity contribution in [3.63, 3.8) is 0 Å². The third kappa shape index (κ3) is 3.64. The van der Waals surface area contributed by atoms with Crippen LogP contribution in [0.25, 0.3) is 0 Å². The molecule has 0 saturated carbocycles. The van der Waals surface area contributed by atoms with Gasteiger partial charge < -0.3 is 9.32 Å². The van der Waals surface area contributed by atoms with Crippen molar-refractivity contribution in [2.45, 2.75) is 11.4 Å². The molecule has 1 heterocycles. The minimum Gasteiger partial charge on any atom is -0.452 e. The van der Waals surface area contributed by atoms with E-state index < -0.39 is 0 Å². The molecule has 1 aromatic heterocycles. The van der Waals surface area contributed by atoms with E-state index >= 15 is 0 Å². The number of amides is 1. The Balaban J connectivity index is 2.05. The maximum Gasteiger partial charge on any atom is 0.254 e. The van der Waals surface area contributed by atoms with Crippen molar-refractivity contribution in [3.8, 4) is 0 Å². The number of carbonyl (C=O) groups is 1. The maximum atomic E-state index is 12.2. The smallest absolute Gasteiger partial charge is 0.254 e. The molecule has 0 N–H and O–H groups in total. The van der Waals surface area contributed by atoms with Crippen LogP contribution >= 0.6 is 27.7 Å². The van der Waals surface area contributed by atoms with E-state index in [2.05, 4.69) is 15.9 Å². The fourth-order valence-corrected chi connectivity index (χ4v) is 2.44. The van der Waals surface area contributed by atoms with Crippen LogP contribution in [0.1, 0.15) is 16.1 Å². The first-order valence-corrected chi connectivity index (χ1v) is 7.75. The summed E-state index contributed by atoms with van der Waals surface area (Å²) >= 11 is 4.91. The number of furan rings is 1. The molecule has 1 amide bonds. The van der Waals surface area contributed by atoms with Crippen LogP contribution in [0.4, 0.5) is 0 Å². The highest BCUT2D eigenvalue weighted by Crippen LogP contribution is 2.18. The minimum absolute atomic E-state index is 0.0137. The van der Waals surface area contributed by atoms with E-state index in [4.69, 9.17) is 4.42 Å². The molecule has 0 aliphatic heterocycles. The highest BCUT2D eigenvalue weighted by atomic mass is 79.9. The van der Waals surface area contributed by atoms with Gasteiger partial charge in [-0.25, -0.2) is 0 Å². The molecule has 0 unspecified atom stereocenters. The number of hydrogen-bond acceptors (Lipinski definition) is 3. The Morgan fingerprint density at radius 1 is 1.26 bits per heavy atom. The number of benzene rings is 1. The predicted octanol–water partition coefficient (Wildman–Crippen LogP) is 4.04. The summed E-state index contributed by atoms with van der Waals surface area (Å²) < 4.78 is 6.07. The van der Waals surface area contributed by atoms with Crippen molar-refractivity contribution < 1.29 is 9.21 Å². The molecule has 19 heavy (non-hydrogen) atoms. The molecule has 5 heteroatoms. The molecule has 2 rings (SSSR count). The molecule has 1 aromatic carbocycles. The van der Waals surface area contributed by atoms with Crippen LogP contribution in [0.2, 0.25) is 0 Å². The summed E-state index contributed by atoms with van der Waals surface area (Å²) in [6.45, 7) is 0.453. The van der Waals surface area contributed by atoms with Gasteiger partial charge in [0.1, 0.15) is 5.76 Å². The topological polar surface area (TPSA) is 33.5 Å². The van der Waals surface area contributed by atoms with Crippen LogP contribution < -0.4 is 0 Å². The first kappa shape index (κ1) is 14.2. The van der Waals surface area contributed by atoms with Crippen LogP contribution in [-0.4, -0.2) is 24.1 Å². The zero-order valence-corrected chi connectivity index (χ0v) is 13.1. The zero-order chi connectivity index (χ0) is 13.8. The Morgan fingerprint density at radius 3 is 2.47 bits per heavy atom. The highest BCUT2D eigenvalue weighted by molar-refractivity contribution is 9.10. The fraction of sp³-hybridized carbons (Fsp3) is 0.214. The predicted molar refractivity (Wildman–Crippen MR) is 80.4 cm³/mol. The summed E-state index contributed by atoms with van der Waals surface area (Å²) in [4.78, 5) is 15.0. The Hall–Kier alpha value is -1.20. The van der Waals surface area contributed by atoms with Gasteiger partial charge in [-0.3, -0.25) is 4.79 Å². The van der Waals surface area contributed by atoms with Crippen LogP contribution in [0.5, 0.6) is 0 Å². The van der Waals surface area contributed by atoms with E-state index in [0.29, 0.717) is 16.8 Å². The van der Waals surface area contributed by atoms with E-state index in [1.54, 1.807) is 23.7 Å². The lowest BCUT2D eigenvalue weighted by atomic mass is 10.2. The van der Waals surface area contributed by atoms with E-state index in [-0.39, 0.29) is 5.91 Å². The molecule has 0 aliphatic carbocycles. The Morgan fingerprint density at radius 2 is 1.95 bits per heavy atom. The minimum atomic E-state index is -0.0137. The normalized spacial score (nSPS) is 10.5.